The lowest BCUT2D eigenvalue weighted by molar-refractivity contribution is -0.274. The number of carbonyl (C=O) groups is 3. The normalized spacial score (nSPS) is 21.1. The van der Waals surface area contributed by atoms with Gasteiger partial charge in [-0.25, -0.2) is 0 Å². The van der Waals surface area contributed by atoms with E-state index in [0.29, 0.717) is 12.1 Å². The van der Waals surface area contributed by atoms with Gasteiger partial charge in [-0.2, -0.15) is 0 Å². The van der Waals surface area contributed by atoms with Gasteiger partial charge in [0.05, 0.1) is 12.5 Å². The number of benzene rings is 2. The SMILES string of the molecule is CN(C(=O)CCC(=O)O)[C@H]1c2ccccc2N(C(=O)c2ccc(OC(F)(F)F)cc2)[C@@H]2CCC[C@@H]21. The van der Waals surface area contributed by atoms with E-state index >= 15 is 0 Å². The van der Waals surface area contributed by atoms with Crippen LogP contribution in [0.4, 0.5) is 18.9 Å². The van der Waals surface area contributed by atoms with Crippen LogP contribution in [0.5, 0.6) is 5.75 Å². The molecule has 7 nitrogen and oxygen atoms in total. The lowest BCUT2D eigenvalue weighted by Gasteiger charge is -2.46. The zero-order valence-corrected chi connectivity index (χ0v) is 19.0. The second-order valence-corrected chi connectivity index (χ2v) is 8.81. The molecule has 1 heterocycles. The largest absolute Gasteiger partial charge is 0.573 e. The second-order valence-electron chi connectivity index (χ2n) is 8.81. The van der Waals surface area contributed by atoms with E-state index in [9.17, 15) is 27.6 Å². The molecule has 1 aliphatic carbocycles. The number of alkyl halides is 3. The van der Waals surface area contributed by atoms with Crippen LogP contribution in [0.1, 0.15) is 54.1 Å². The highest BCUT2D eigenvalue weighted by atomic mass is 19.4. The van der Waals surface area contributed by atoms with Gasteiger partial charge in [0.2, 0.25) is 5.91 Å². The second kappa shape index (κ2) is 9.59. The zero-order chi connectivity index (χ0) is 25.3. The van der Waals surface area contributed by atoms with Gasteiger partial charge >= 0.3 is 12.3 Å². The molecule has 1 fully saturated rings. The molecule has 1 aliphatic heterocycles. The summed E-state index contributed by atoms with van der Waals surface area (Å²) in [5.41, 5.74) is 1.65. The molecule has 0 saturated heterocycles. The third-order valence-electron chi connectivity index (χ3n) is 6.70. The first-order valence-electron chi connectivity index (χ1n) is 11.3. The molecule has 10 heteroatoms. The van der Waals surface area contributed by atoms with Gasteiger partial charge in [0.15, 0.2) is 0 Å². The Morgan fingerprint density at radius 1 is 1.06 bits per heavy atom. The van der Waals surface area contributed by atoms with Gasteiger partial charge in [-0.05, 0) is 48.7 Å². The minimum Gasteiger partial charge on any atom is -0.481 e. The van der Waals surface area contributed by atoms with Crippen LogP contribution in [-0.2, 0) is 9.59 Å². The summed E-state index contributed by atoms with van der Waals surface area (Å²) in [7, 11) is 1.66. The molecule has 0 bridgehead atoms. The van der Waals surface area contributed by atoms with Crippen molar-refractivity contribution in [2.75, 3.05) is 11.9 Å². The number of carboxylic acids is 1. The third-order valence-corrected chi connectivity index (χ3v) is 6.70. The number of hydrogen-bond acceptors (Lipinski definition) is 4. The lowest BCUT2D eigenvalue weighted by Crippen LogP contribution is -2.51. The van der Waals surface area contributed by atoms with E-state index in [2.05, 4.69) is 4.74 Å². The van der Waals surface area contributed by atoms with Crippen LogP contribution in [0, 0.1) is 5.92 Å². The Morgan fingerprint density at radius 2 is 1.74 bits per heavy atom. The topological polar surface area (TPSA) is 87.2 Å². The van der Waals surface area contributed by atoms with Crippen molar-refractivity contribution >= 4 is 23.5 Å². The summed E-state index contributed by atoms with van der Waals surface area (Å²) in [4.78, 5) is 40.6. The van der Waals surface area contributed by atoms with Crippen molar-refractivity contribution in [2.45, 2.75) is 50.6 Å². The lowest BCUT2D eigenvalue weighted by atomic mass is 9.81. The predicted molar refractivity (Wildman–Crippen MR) is 120 cm³/mol. The van der Waals surface area contributed by atoms with Crippen molar-refractivity contribution in [2.24, 2.45) is 5.92 Å². The van der Waals surface area contributed by atoms with Crippen molar-refractivity contribution in [3.8, 4) is 5.75 Å². The van der Waals surface area contributed by atoms with Crippen molar-refractivity contribution in [3.05, 3.63) is 59.7 Å². The Bertz CT molecular complexity index is 1120. The molecule has 4 rings (SSSR count). The number of halogens is 3. The van der Waals surface area contributed by atoms with Gasteiger partial charge in [0.1, 0.15) is 5.75 Å². The van der Waals surface area contributed by atoms with Crippen LogP contribution in [0.2, 0.25) is 0 Å². The zero-order valence-electron chi connectivity index (χ0n) is 19.0. The summed E-state index contributed by atoms with van der Waals surface area (Å²) in [5.74, 6) is -2.13. The maximum atomic E-state index is 13.6. The van der Waals surface area contributed by atoms with Crippen LogP contribution in [0.25, 0.3) is 0 Å². The summed E-state index contributed by atoms with van der Waals surface area (Å²) < 4.78 is 41.4. The van der Waals surface area contributed by atoms with E-state index in [-0.39, 0.29) is 48.2 Å². The summed E-state index contributed by atoms with van der Waals surface area (Å²) in [6.45, 7) is 0. The van der Waals surface area contributed by atoms with Crippen molar-refractivity contribution in [1.82, 2.24) is 4.90 Å². The highest BCUT2D eigenvalue weighted by Crippen LogP contribution is 2.50. The smallest absolute Gasteiger partial charge is 0.481 e. The van der Waals surface area contributed by atoms with Crippen LogP contribution >= 0.6 is 0 Å². The highest BCUT2D eigenvalue weighted by molar-refractivity contribution is 6.07. The molecule has 1 N–H and O–H groups in total. The van der Waals surface area contributed by atoms with E-state index < -0.39 is 18.1 Å². The predicted octanol–water partition coefficient (Wildman–Crippen LogP) is 4.78. The van der Waals surface area contributed by atoms with Crippen LogP contribution in [0.3, 0.4) is 0 Å². The number of aliphatic carboxylic acids is 1. The van der Waals surface area contributed by atoms with Crippen LogP contribution < -0.4 is 9.64 Å². The number of carbonyl (C=O) groups excluding carboxylic acids is 2. The molecule has 0 unspecified atom stereocenters. The fourth-order valence-electron chi connectivity index (χ4n) is 5.26. The van der Waals surface area contributed by atoms with Gasteiger partial charge in [-0.3, -0.25) is 14.4 Å². The van der Waals surface area contributed by atoms with E-state index in [1.165, 1.54) is 12.1 Å². The van der Waals surface area contributed by atoms with Crippen LogP contribution in [0.15, 0.2) is 48.5 Å². The Morgan fingerprint density at radius 3 is 2.40 bits per heavy atom. The molecule has 2 aliphatic rings. The van der Waals surface area contributed by atoms with Crippen molar-refractivity contribution in [3.63, 3.8) is 0 Å². The Hall–Kier alpha value is -3.56. The number of para-hydroxylation sites is 1. The molecule has 2 amide bonds. The standard InChI is InChI=1S/C25H25F3N2O5/c1-29(21(31)13-14-22(32)33)23-17-5-2-3-7-19(17)30(20-8-4-6-18(20)23)24(34)15-9-11-16(12-10-15)35-25(26,27)28/h2-3,5,7,9-12,18,20,23H,4,6,8,13-14H2,1H3,(H,32,33)/t18-,20+,23-/m0/s1. The fraction of sp³-hybridized carbons (Fsp3) is 0.400. The minimum absolute atomic E-state index is 0.0551. The van der Waals surface area contributed by atoms with E-state index in [0.717, 1.165) is 30.5 Å². The van der Waals surface area contributed by atoms with E-state index in [1.54, 1.807) is 29.0 Å². The van der Waals surface area contributed by atoms with Gasteiger partial charge in [0.25, 0.3) is 5.91 Å². The maximum Gasteiger partial charge on any atom is 0.573 e. The molecular formula is C25H25F3N2O5. The summed E-state index contributed by atoms with van der Waals surface area (Å²) in [6.07, 6.45) is -2.85. The molecule has 0 aromatic heterocycles. The first-order valence-corrected chi connectivity index (χ1v) is 11.3. The molecule has 1 saturated carbocycles. The fourth-order valence-corrected chi connectivity index (χ4v) is 5.26. The van der Waals surface area contributed by atoms with Crippen molar-refractivity contribution in [1.29, 1.82) is 0 Å². The average Bonchev–Trinajstić information content (AvgIpc) is 3.28. The van der Waals surface area contributed by atoms with Crippen molar-refractivity contribution < 1.29 is 37.4 Å². The van der Waals surface area contributed by atoms with Gasteiger partial charge in [0, 0.05) is 36.7 Å². The Balaban J connectivity index is 1.66. The molecule has 35 heavy (non-hydrogen) atoms. The van der Waals surface area contributed by atoms with E-state index in [1.807, 2.05) is 12.1 Å². The number of fused-ring (bicyclic) bond motifs is 2. The maximum absolute atomic E-state index is 13.6. The van der Waals surface area contributed by atoms with Crippen LogP contribution in [-0.4, -0.2) is 47.2 Å². The summed E-state index contributed by atoms with van der Waals surface area (Å²) in [6, 6.07) is 11.6. The molecule has 2 aromatic rings. The number of anilines is 1. The first-order chi connectivity index (χ1) is 16.6. The number of ether oxygens (including phenoxy) is 1. The molecule has 186 valence electrons. The Labute approximate surface area is 200 Å². The number of carboxylic acid groups (broad SMARTS) is 1. The average molecular weight is 490 g/mol. The molecule has 0 spiro atoms. The molecule has 2 aromatic carbocycles. The van der Waals surface area contributed by atoms with Gasteiger partial charge in [-0.1, -0.05) is 24.6 Å². The molecule has 0 radical (unpaired) electrons. The van der Waals surface area contributed by atoms with Gasteiger partial charge in [-0.15, -0.1) is 13.2 Å². The first kappa shape index (κ1) is 24.6. The Kier molecular flexibility index (Phi) is 6.73. The highest BCUT2D eigenvalue weighted by Gasteiger charge is 2.48. The number of hydrogen-bond donors (Lipinski definition) is 1. The molecule has 3 atom stereocenters. The molecular weight excluding hydrogens is 465 g/mol. The van der Waals surface area contributed by atoms with Gasteiger partial charge < -0.3 is 19.6 Å². The third kappa shape index (κ3) is 5.11. The number of rotatable bonds is 6. The summed E-state index contributed by atoms with van der Waals surface area (Å²) in [5, 5.41) is 8.96. The summed E-state index contributed by atoms with van der Waals surface area (Å²) >= 11 is 0. The number of amides is 2. The quantitative estimate of drug-likeness (QED) is 0.630. The monoisotopic (exact) mass is 490 g/mol. The van der Waals surface area contributed by atoms with E-state index in [4.69, 9.17) is 5.11 Å². The minimum atomic E-state index is -4.82. The number of nitrogens with zero attached hydrogens (tertiary/aromatic N) is 2.